The first kappa shape index (κ1) is 15.3. The van der Waals surface area contributed by atoms with Gasteiger partial charge in [0.25, 0.3) is 0 Å². The van der Waals surface area contributed by atoms with E-state index < -0.39 is 18.1 Å². The molecule has 0 spiro atoms. The summed E-state index contributed by atoms with van der Waals surface area (Å²) in [7, 11) is 4.64. The van der Waals surface area contributed by atoms with Gasteiger partial charge in [-0.15, -0.1) is 0 Å². The van der Waals surface area contributed by atoms with Gasteiger partial charge in [0.05, 0.1) is 20.3 Å². The molecule has 0 bridgehead atoms. The number of hydrogen-bond donors (Lipinski definition) is 3. The van der Waals surface area contributed by atoms with Gasteiger partial charge in [0, 0.05) is 11.1 Å². The van der Waals surface area contributed by atoms with Crippen molar-refractivity contribution < 1.29 is 19.4 Å². The van der Waals surface area contributed by atoms with Gasteiger partial charge in [-0.1, -0.05) is 0 Å². The van der Waals surface area contributed by atoms with Gasteiger partial charge < -0.3 is 25.6 Å². The number of carboxylic acids is 1. The highest BCUT2D eigenvalue weighted by molar-refractivity contribution is 5.75. The van der Waals surface area contributed by atoms with Crippen LogP contribution in [-0.4, -0.2) is 38.4 Å². The molecule has 19 heavy (non-hydrogen) atoms. The molecule has 0 aromatic heterocycles. The monoisotopic (exact) mass is 268 g/mol. The number of methoxy groups -OCH3 is 2. The molecule has 0 radical (unpaired) electrons. The van der Waals surface area contributed by atoms with Gasteiger partial charge in [0.2, 0.25) is 0 Å². The lowest BCUT2D eigenvalue weighted by Crippen LogP contribution is -2.43. The van der Waals surface area contributed by atoms with E-state index in [2.05, 4.69) is 5.32 Å². The first-order valence-electron chi connectivity index (χ1n) is 5.85. The van der Waals surface area contributed by atoms with Crippen LogP contribution in [-0.2, 0) is 4.79 Å². The highest BCUT2D eigenvalue weighted by atomic mass is 16.5. The zero-order chi connectivity index (χ0) is 14.6. The van der Waals surface area contributed by atoms with Crippen LogP contribution in [0.5, 0.6) is 11.5 Å². The molecule has 6 heteroatoms. The Morgan fingerprint density at radius 2 is 2.00 bits per heavy atom. The van der Waals surface area contributed by atoms with Crippen molar-refractivity contribution >= 4 is 5.97 Å². The Labute approximate surface area is 112 Å². The third-order valence-electron chi connectivity index (χ3n) is 3.11. The van der Waals surface area contributed by atoms with Crippen LogP contribution >= 0.6 is 0 Å². The number of rotatable bonds is 6. The second-order valence-corrected chi connectivity index (χ2v) is 4.15. The number of hydrogen-bond acceptors (Lipinski definition) is 5. The second-order valence-electron chi connectivity index (χ2n) is 4.15. The van der Waals surface area contributed by atoms with Crippen molar-refractivity contribution in [1.29, 1.82) is 0 Å². The lowest BCUT2D eigenvalue weighted by Gasteiger charge is -2.23. The van der Waals surface area contributed by atoms with E-state index in [-0.39, 0.29) is 0 Å². The van der Waals surface area contributed by atoms with Crippen molar-refractivity contribution in [3.05, 3.63) is 23.3 Å². The van der Waals surface area contributed by atoms with Gasteiger partial charge in [0.1, 0.15) is 17.5 Å². The molecule has 0 aliphatic rings. The Morgan fingerprint density at radius 1 is 1.37 bits per heavy atom. The molecule has 0 saturated carbocycles. The third kappa shape index (κ3) is 2.97. The van der Waals surface area contributed by atoms with Crippen molar-refractivity contribution in [3.8, 4) is 11.5 Å². The topological polar surface area (TPSA) is 93.8 Å². The summed E-state index contributed by atoms with van der Waals surface area (Å²) >= 11 is 0. The lowest BCUT2D eigenvalue weighted by atomic mass is 9.96. The zero-order valence-corrected chi connectivity index (χ0v) is 11.6. The molecular formula is C13H20N2O4. The van der Waals surface area contributed by atoms with Crippen molar-refractivity contribution in [2.45, 2.75) is 19.0 Å². The van der Waals surface area contributed by atoms with E-state index in [1.54, 1.807) is 26.3 Å². The predicted molar refractivity (Wildman–Crippen MR) is 71.7 cm³/mol. The highest BCUT2D eigenvalue weighted by Gasteiger charge is 2.28. The average molecular weight is 268 g/mol. The summed E-state index contributed by atoms with van der Waals surface area (Å²) in [4.78, 5) is 11.1. The van der Waals surface area contributed by atoms with E-state index in [9.17, 15) is 4.79 Å². The zero-order valence-electron chi connectivity index (χ0n) is 11.6. The highest BCUT2D eigenvalue weighted by Crippen LogP contribution is 2.34. The largest absolute Gasteiger partial charge is 0.496 e. The molecule has 1 aromatic rings. The number of aliphatic carboxylic acids is 1. The third-order valence-corrected chi connectivity index (χ3v) is 3.11. The number of carboxylic acid groups (broad SMARTS) is 1. The van der Waals surface area contributed by atoms with Crippen LogP contribution in [0.25, 0.3) is 0 Å². The summed E-state index contributed by atoms with van der Waals surface area (Å²) in [5.74, 6) is 0.211. The van der Waals surface area contributed by atoms with E-state index in [4.69, 9.17) is 20.3 Å². The molecule has 0 aliphatic heterocycles. The quantitative estimate of drug-likeness (QED) is 0.702. The molecule has 2 unspecified atom stereocenters. The van der Waals surface area contributed by atoms with Crippen molar-refractivity contribution in [2.75, 3.05) is 21.3 Å². The van der Waals surface area contributed by atoms with Crippen LogP contribution in [0.3, 0.4) is 0 Å². The minimum atomic E-state index is -1.01. The molecule has 0 amide bonds. The van der Waals surface area contributed by atoms with Crippen LogP contribution < -0.4 is 20.5 Å². The number of nitrogens with one attached hydrogen (secondary N) is 1. The predicted octanol–water partition coefficient (Wildman–Crippen LogP) is 0.685. The normalized spacial score (nSPS) is 13.7. The number of ether oxygens (including phenoxy) is 2. The van der Waals surface area contributed by atoms with Crippen molar-refractivity contribution in [2.24, 2.45) is 5.73 Å². The van der Waals surface area contributed by atoms with Crippen LogP contribution in [0, 0.1) is 6.92 Å². The Hall–Kier alpha value is -1.79. The van der Waals surface area contributed by atoms with E-state index in [0.29, 0.717) is 17.1 Å². The molecule has 2 atom stereocenters. The molecule has 0 heterocycles. The lowest BCUT2D eigenvalue weighted by molar-refractivity contribution is -0.139. The van der Waals surface area contributed by atoms with Gasteiger partial charge >= 0.3 is 5.97 Å². The Kier molecular flexibility index (Phi) is 5.14. The molecular weight excluding hydrogens is 248 g/mol. The summed E-state index contributed by atoms with van der Waals surface area (Å²) < 4.78 is 10.5. The summed E-state index contributed by atoms with van der Waals surface area (Å²) in [5, 5.41) is 11.8. The average Bonchev–Trinajstić information content (AvgIpc) is 2.38. The molecule has 0 saturated heterocycles. The smallest absolute Gasteiger partial charge is 0.322 e. The van der Waals surface area contributed by atoms with Gasteiger partial charge in [-0.05, 0) is 26.1 Å². The maximum atomic E-state index is 11.1. The first-order chi connectivity index (χ1) is 8.97. The van der Waals surface area contributed by atoms with Gasteiger partial charge in [-0.25, -0.2) is 0 Å². The maximum Gasteiger partial charge on any atom is 0.322 e. The van der Waals surface area contributed by atoms with Crippen molar-refractivity contribution in [3.63, 3.8) is 0 Å². The summed E-state index contributed by atoms with van der Waals surface area (Å²) in [6.45, 7) is 1.84. The fourth-order valence-corrected chi connectivity index (χ4v) is 2.09. The fraction of sp³-hybridized carbons (Fsp3) is 0.462. The van der Waals surface area contributed by atoms with Crippen molar-refractivity contribution in [1.82, 2.24) is 5.32 Å². The standard InChI is InChI=1S/C13H20N2O4/c1-7-9(18-3)6-5-8(12(7)19-4)10(14)11(15-2)13(16)17/h5-6,10-11,15H,14H2,1-4H3,(H,16,17). The molecule has 1 rings (SSSR count). The SMILES string of the molecule is CNC(C(=O)O)C(N)c1ccc(OC)c(C)c1OC. The number of benzene rings is 1. The fourth-order valence-electron chi connectivity index (χ4n) is 2.09. The van der Waals surface area contributed by atoms with Crippen LogP contribution in [0.4, 0.5) is 0 Å². The van der Waals surface area contributed by atoms with E-state index in [1.165, 1.54) is 7.11 Å². The van der Waals surface area contributed by atoms with Gasteiger partial charge in [-0.3, -0.25) is 4.79 Å². The Morgan fingerprint density at radius 3 is 2.42 bits per heavy atom. The van der Waals surface area contributed by atoms with Crippen LogP contribution in [0.15, 0.2) is 12.1 Å². The number of likely N-dealkylation sites (N-methyl/N-ethyl adjacent to an activating group) is 1. The van der Waals surface area contributed by atoms with Gasteiger partial charge in [0.15, 0.2) is 0 Å². The molecule has 0 aliphatic carbocycles. The summed E-state index contributed by atoms with van der Waals surface area (Å²) in [5.41, 5.74) is 7.44. The summed E-state index contributed by atoms with van der Waals surface area (Å²) in [6, 6.07) is 1.87. The first-order valence-corrected chi connectivity index (χ1v) is 5.85. The number of carbonyl (C=O) groups is 1. The van der Waals surface area contributed by atoms with Crippen LogP contribution in [0.2, 0.25) is 0 Å². The van der Waals surface area contributed by atoms with Crippen LogP contribution in [0.1, 0.15) is 17.2 Å². The molecule has 1 aromatic carbocycles. The minimum absolute atomic E-state index is 0.549. The molecule has 6 nitrogen and oxygen atoms in total. The minimum Gasteiger partial charge on any atom is -0.496 e. The molecule has 106 valence electrons. The molecule has 0 fully saturated rings. The maximum absolute atomic E-state index is 11.1. The van der Waals surface area contributed by atoms with Gasteiger partial charge in [-0.2, -0.15) is 0 Å². The Balaban J connectivity index is 3.26. The summed E-state index contributed by atoms with van der Waals surface area (Å²) in [6.07, 6.45) is 0. The van der Waals surface area contributed by atoms with E-state index in [0.717, 1.165) is 5.56 Å². The van der Waals surface area contributed by atoms with E-state index in [1.807, 2.05) is 6.92 Å². The van der Waals surface area contributed by atoms with E-state index >= 15 is 0 Å². The Bertz CT molecular complexity index is 462. The number of nitrogens with two attached hydrogens (primary N) is 1. The second kappa shape index (κ2) is 6.40. The molecule has 4 N–H and O–H groups in total.